The highest BCUT2D eigenvalue weighted by atomic mass is 35.5. The van der Waals surface area contributed by atoms with E-state index in [-0.39, 0.29) is 17.4 Å². The van der Waals surface area contributed by atoms with Crippen molar-refractivity contribution in [3.05, 3.63) is 33.8 Å². The van der Waals surface area contributed by atoms with Gasteiger partial charge in [-0.2, -0.15) is 0 Å². The zero-order valence-electron chi connectivity index (χ0n) is 12.5. The predicted molar refractivity (Wildman–Crippen MR) is 87.8 cm³/mol. The highest BCUT2D eigenvalue weighted by Gasteiger charge is 2.38. The smallest absolute Gasteiger partial charge is 0.227 e. The number of carbonyl (C=O) groups excluding carboxylic acids is 1. The molecule has 1 heterocycles. The van der Waals surface area contributed by atoms with Crippen LogP contribution in [-0.2, 0) is 4.79 Å². The van der Waals surface area contributed by atoms with Crippen LogP contribution in [0.4, 0.5) is 0 Å². The van der Waals surface area contributed by atoms with E-state index in [9.17, 15) is 4.79 Å². The summed E-state index contributed by atoms with van der Waals surface area (Å²) in [7, 11) is 0. The van der Waals surface area contributed by atoms with Crippen molar-refractivity contribution in [2.24, 2.45) is 5.41 Å². The monoisotopic (exact) mass is 328 g/mol. The molecule has 1 saturated heterocycles. The summed E-state index contributed by atoms with van der Waals surface area (Å²) in [6.07, 6.45) is 2.81. The maximum absolute atomic E-state index is 12.7. The highest BCUT2D eigenvalue weighted by molar-refractivity contribution is 6.35. The second kappa shape index (κ2) is 6.99. The molecule has 2 atom stereocenters. The van der Waals surface area contributed by atoms with Crippen LogP contribution in [0.25, 0.3) is 0 Å². The minimum atomic E-state index is -0.300. The first kappa shape index (κ1) is 16.6. The Kier molecular flexibility index (Phi) is 5.53. The highest BCUT2D eigenvalue weighted by Crippen LogP contribution is 2.32. The van der Waals surface area contributed by atoms with Gasteiger partial charge < -0.3 is 10.6 Å². The van der Waals surface area contributed by atoms with Crippen molar-refractivity contribution in [1.29, 1.82) is 0 Å². The molecule has 2 N–H and O–H groups in total. The minimum absolute atomic E-state index is 0.107. The Hall–Kier alpha value is -0.770. The van der Waals surface area contributed by atoms with Gasteiger partial charge in [0, 0.05) is 16.6 Å². The largest absolute Gasteiger partial charge is 0.349 e. The molecule has 0 radical (unpaired) electrons. The summed E-state index contributed by atoms with van der Waals surface area (Å²) in [6, 6.07) is 5.24. The molecule has 2 unspecified atom stereocenters. The Labute approximate surface area is 136 Å². The molecule has 116 valence electrons. The molecule has 1 aromatic rings. The molecular weight excluding hydrogens is 307 g/mol. The Morgan fingerprint density at radius 1 is 1.48 bits per heavy atom. The van der Waals surface area contributed by atoms with Crippen molar-refractivity contribution in [1.82, 2.24) is 10.6 Å². The van der Waals surface area contributed by atoms with Gasteiger partial charge in [-0.25, -0.2) is 0 Å². The van der Waals surface area contributed by atoms with E-state index in [0.29, 0.717) is 10.0 Å². The first-order valence-electron chi connectivity index (χ1n) is 7.45. The van der Waals surface area contributed by atoms with Crippen molar-refractivity contribution in [2.75, 3.05) is 13.1 Å². The third-order valence-electron chi connectivity index (χ3n) is 4.41. The van der Waals surface area contributed by atoms with Gasteiger partial charge in [0.15, 0.2) is 0 Å². The van der Waals surface area contributed by atoms with E-state index in [1.807, 2.05) is 13.0 Å². The van der Waals surface area contributed by atoms with Crippen LogP contribution in [0, 0.1) is 5.41 Å². The molecule has 0 bridgehead atoms. The molecule has 1 aliphatic heterocycles. The molecule has 1 amide bonds. The molecule has 0 spiro atoms. The molecule has 1 aliphatic rings. The van der Waals surface area contributed by atoms with Gasteiger partial charge in [0.25, 0.3) is 0 Å². The maximum Gasteiger partial charge on any atom is 0.227 e. The third kappa shape index (κ3) is 3.71. The zero-order chi connectivity index (χ0) is 15.5. The molecule has 0 saturated carbocycles. The van der Waals surface area contributed by atoms with Crippen molar-refractivity contribution in [3.63, 3.8) is 0 Å². The SMILES string of the molecule is CCC1(C(=O)NC(C)c2ccc(Cl)cc2Cl)CCCNC1. The fraction of sp³-hybridized carbons (Fsp3) is 0.562. The van der Waals surface area contributed by atoms with Crippen LogP contribution in [0.3, 0.4) is 0 Å². The van der Waals surface area contributed by atoms with E-state index in [4.69, 9.17) is 23.2 Å². The first-order chi connectivity index (χ1) is 9.98. The van der Waals surface area contributed by atoms with Crippen LogP contribution in [0.5, 0.6) is 0 Å². The minimum Gasteiger partial charge on any atom is -0.349 e. The lowest BCUT2D eigenvalue weighted by molar-refractivity contribution is -0.133. The molecule has 21 heavy (non-hydrogen) atoms. The molecule has 1 fully saturated rings. The summed E-state index contributed by atoms with van der Waals surface area (Å²) in [5.41, 5.74) is 0.593. The number of carbonyl (C=O) groups is 1. The van der Waals surface area contributed by atoms with E-state index >= 15 is 0 Å². The van der Waals surface area contributed by atoms with Gasteiger partial charge in [0.05, 0.1) is 11.5 Å². The Balaban J connectivity index is 2.10. The van der Waals surface area contributed by atoms with Crippen LogP contribution < -0.4 is 10.6 Å². The van der Waals surface area contributed by atoms with Gasteiger partial charge in [0.1, 0.15) is 0 Å². The molecular formula is C16H22Cl2N2O. The summed E-state index contributed by atoms with van der Waals surface area (Å²) in [5.74, 6) is 0.107. The zero-order valence-corrected chi connectivity index (χ0v) is 14.0. The fourth-order valence-corrected chi connectivity index (χ4v) is 3.48. The normalized spacial score (nSPS) is 23.6. The molecule has 1 aromatic carbocycles. The number of hydrogen-bond donors (Lipinski definition) is 2. The van der Waals surface area contributed by atoms with Crippen molar-refractivity contribution in [3.8, 4) is 0 Å². The second-order valence-electron chi connectivity index (χ2n) is 5.78. The van der Waals surface area contributed by atoms with Crippen LogP contribution >= 0.6 is 23.2 Å². The van der Waals surface area contributed by atoms with E-state index in [1.54, 1.807) is 12.1 Å². The summed E-state index contributed by atoms with van der Waals surface area (Å²) in [4.78, 5) is 12.7. The van der Waals surface area contributed by atoms with Gasteiger partial charge in [-0.15, -0.1) is 0 Å². The topological polar surface area (TPSA) is 41.1 Å². The molecule has 0 aromatic heterocycles. The number of halogens is 2. The van der Waals surface area contributed by atoms with E-state index < -0.39 is 0 Å². The van der Waals surface area contributed by atoms with E-state index in [1.165, 1.54) is 0 Å². The summed E-state index contributed by atoms with van der Waals surface area (Å²) in [5, 5.41) is 7.63. The van der Waals surface area contributed by atoms with Crippen LogP contribution in [-0.4, -0.2) is 19.0 Å². The summed E-state index contributed by atoms with van der Waals surface area (Å²) < 4.78 is 0. The van der Waals surface area contributed by atoms with E-state index in [0.717, 1.165) is 37.9 Å². The number of amides is 1. The van der Waals surface area contributed by atoms with Crippen molar-refractivity contribution in [2.45, 2.75) is 39.2 Å². The lowest BCUT2D eigenvalue weighted by Crippen LogP contribution is -2.50. The van der Waals surface area contributed by atoms with Gasteiger partial charge >= 0.3 is 0 Å². The van der Waals surface area contributed by atoms with Crippen molar-refractivity contribution >= 4 is 29.1 Å². The Bertz CT molecular complexity index is 513. The second-order valence-corrected chi connectivity index (χ2v) is 6.62. The third-order valence-corrected chi connectivity index (χ3v) is 4.97. The lowest BCUT2D eigenvalue weighted by atomic mass is 9.77. The summed E-state index contributed by atoms with van der Waals surface area (Å²) in [6.45, 7) is 5.77. The van der Waals surface area contributed by atoms with Gasteiger partial charge in [-0.05, 0) is 50.4 Å². The fourth-order valence-electron chi connectivity index (χ4n) is 2.90. The molecule has 2 rings (SSSR count). The number of rotatable bonds is 4. The van der Waals surface area contributed by atoms with E-state index in [2.05, 4.69) is 17.6 Å². The average Bonchev–Trinajstić information content (AvgIpc) is 2.47. The average molecular weight is 329 g/mol. The van der Waals surface area contributed by atoms with Crippen LogP contribution in [0.15, 0.2) is 18.2 Å². The molecule has 0 aliphatic carbocycles. The van der Waals surface area contributed by atoms with Gasteiger partial charge in [0.2, 0.25) is 5.91 Å². The Morgan fingerprint density at radius 2 is 2.24 bits per heavy atom. The summed E-state index contributed by atoms with van der Waals surface area (Å²) >= 11 is 12.1. The van der Waals surface area contributed by atoms with Crippen LogP contribution in [0.1, 0.15) is 44.7 Å². The van der Waals surface area contributed by atoms with Crippen molar-refractivity contribution < 1.29 is 4.79 Å². The standard InChI is InChI=1S/C16H22Cl2N2O/c1-3-16(7-4-8-19-10-16)15(21)20-11(2)13-6-5-12(17)9-14(13)18/h5-6,9,11,19H,3-4,7-8,10H2,1-2H3,(H,20,21). The maximum atomic E-state index is 12.7. The molecule has 5 heteroatoms. The van der Waals surface area contributed by atoms with Gasteiger partial charge in [-0.3, -0.25) is 4.79 Å². The lowest BCUT2D eigenvalue weighted by Gasteiger charge is -2.36. The number of benzene rings is 1. The Morgan fingerprint density at radius 3 is 2.81 bits per heavy atom. The number of piperidine rings is 1. The first-order valence-corrected chi connectivity index (χ1v) is 8.21. The molecule has 3 nitrogen and oxygen atoms in total. The van der Waals surface area contributed by atoms with Crippen LogP contribution in [0.2, 0.25) is 10.0 Å². The number of nitrogens with one attached hydrogen (secondary N) is 2. The number of hydrogen-bond acceptors (Lipinski definition) is 2. The van der Waals surface area contributed by atoms with Gasteiger partial charge in [-0.1, -0.05) is 36.2 Å². The predicted octanol–water partition coefficient (Wildman–Crippen LogP) is 3.95. The quantitative estimate of drug-likeness (QED) is 0.878.